The van der Waals surface area contributed by atoms with Crippen LogP contribution in [0.25, 0.3) is 22.3 Å². The molecular weight excluding hydrogens is 304 g/mol. The molecule has 2 nitrogen and oxygen atoms in total. The Morgan fingerprint density at radius 2 is 1.67 bits per heavy atom. The second-order valence-corrected chi connectivity index (χ2v) is 4.47. The number of phenols is 1. The molecule has 0 aliphatic heterocycles. The van der Waals surface area contributed by atoms with Gasteiger partial charge in [-0.25, -0.2) is 12.1 Å². The van der Waals surface area contributed by atoms with Crippen LogP contribution in [0.15, 0.2) is 83.3 Å². The summed E-state index contributed by atoms with van der Waals surface area (Å²) in [5.41, 5.74) is 1.77. The fraction of sp³-hybridized carbons (Fsp3) is 0. The SMILES string of the molecule is Oc1ccc2cc(-[c-]3cccc3)oc2c1.[Fe+2].c1cc[cH-]c1. The molecule has 4 rings (SSSR count). The van der Waals surface area contributed by atoms with E-state index in [1.807, 2.05) is 66.7 Å². The Bertz CT molecular complexity index is 748. The van der Waals surface area contributed by atoms with Gasteiger partial charge in [-0.3, -0.25) is 0 Å². The molecule has 4 aromatic rings. The largest absolute Gasteiger partial charge is 2.00 e. The van der Waals surface area contributed by atoms with Gasteiger partial charge >= 0.3 is 17.1 Å². The van der Waals surface area contributed by atoms with Crippen LogP contribution in [0.2, 0.25) is 0 Å². The summed E-state index contributed by atoms with van der Waals surface area (Å²) < 4.78 is 5.63. The third-order valence-corrected chi connectivity index (χ3v) is 3.01. The van der Waals surface area contributed by atoms with Gasteiger partial charge in [-0.05, 0) is 11.5 Å². The normalized spacial score (nSPS) is 9.71. The average Bonchev–Trinajstić information content (AvgIpc) is 3.20. The van der Waals surface area contributed by atoms with Crippen LogP contribution in [0.5, 0.6) is 5.75 Å². The second kappa shape index (κ2) is 6.98. The van der Waals surface area contributed by atoms with Crippen molar-refractivity contribution in [2.45, 2.75) is 0 Å². The summed E-state index contributed by atoms with van der Waals surface area (Å²) in [5.74, 6) is 1.06. The fourth-order valence-electron chi connectivity index (χ4n) is 2.02. The minimum absolute atomic E-state index is 0. The quantitative estimate of drug-likeness (QED) is 0.399. The first-order valence-electron chi connectivity index (χ1n) is 6.44. The first-order chi connectivity index (χ1) is 9.83. The number of hydrogen-bond acceptors (Lipinski definition) is 2. The number of phenolic OH excluding ortho intramolecular Hbond substituents is 1. The molecule has 21 heavy (non-hydrogen) atoms. The Labute approximate surface area is 133 Å². The van der Waals surface area contributed by atoms with Crippen LogP contribution < -0.4 is 0 Å². The van der Waals surface area contributed by atoms with Gasteiger partial charge in [-0.1, -0.05) is 17.7 Å². The number of rotatable bonds is 1. The molecule has 3 aromatic carbocycles. The van der Waals surface area contributed by atoms with Crippen LogP contribution in [0.3, 0.4) is 0 Å². The van der Waals surface area contributed by atoms with E-state index in [4.69, 9.17) is 4.42 Å². The van der Waals surface area contributed by atoms with E-state index in [0.29, 0.717) is 5.58 Å². The van der Waals surface area contributed by atoms with Crippen molar-refractivity contribution in [1.29, 1.82) is 0 Å². The van der Waals surface area contributed by atoms with Crippen molar-refractivity contribution >= 4 is 11.0 Å². The van der Waals surface area contributed by atoms with Crippen molar-refractivity contribution in [2.24, 2.45) is 0 Å². The van der Waals surface area contributed by atoms with Crippen molar-refractivity contribution < 1.29 is 26.6 Å². The molecule has 0 aliphatic rings. The second-order valence-electron chi connectivity index (χ2n) is 4.47. The summed E-state index contributed by atoms with van der Waals surface area (Å²) in [6.07, 6.45) is 0. The maximum absolute atomic E-state index is 9.31. The Morgan fingerprint density at radius 3 is 2.29 bits per heavy atom. The van der Waals surface area contributed by atoms with E-state index in [1.165, 1.54) is 0 Å². The summed E-state index contributed by atoms with van der Waals surface area (Å²) in [5, 5.41) is 10.3. The third-order valence-electron chi connectivity index (χ3n) is 3.01. The van der Waals surface area contributed by atoms with E-state index < -0.39 is 0 Å². The van der Waals surface area contributed by atoms with Crippen molar-refractivity contribution in [3.63, 3.8) is 0 Å². The smallest absolute Gasteiger partial charge is 0.508 e. The molecule has 0 aliphatic carbocycles. The van der Waals surface area contributed by atoms with Crippen molar-refractivity contribution in [1.82, 2.24) is 0 Å². The molecule has 106 valence electrons. The van der Waals surface area contributed by atoms with Gasteiger partial charge in [0.05, 0.1) is 5.76 Å². The maximum atomic E-state index is 9.31. The number of aromatic hydroxyl groups is 1. The fourth-order valence-corrected chi connectivity index (χ4v) is 2.02. The van der Waals surface area contributed by atoms with Gasteiger partial charge < -0.3 is 9.52 Å². The van der Waals surface area contributed by atoms with Crippen LogP contribution in [0.4, 0.5) is 0 Å². The molecular formula is C18H14FeO2. The van der Waals surface area contributed by atoms with Crippen LogP contribution in [-0.2, 0) is 17.1 Å². The Morgan fingerprint density at radius 1 is 0.952 bits per heavy atom. The molecule has 1 aromatic heterocycles. The van der Waals surface area contributed by atoms with Gasteiger partial charge in [0.1, 0.15) is 11.3 Å². The van der Waals surface area contributed by atoms with Crippen molar-refractivity contribution in [2.75, 3.05) is 0 Å². The summed E-state index contributed by atoms with van der Waals surface area (Å²) in [4.78, 5) is 0. The minimum atomic E-state index is 0. The van der Waals surface area contributed by atoms with Gasteiger partial charge in [-0.2, -0.15) is 30.3 Å². The van der Waals surface area contributed by atoms with Crippen molar-refractivity contribution in [3.8, 4) is 17.1 Å². The zero-order valence-corrected chi connectivity index (χ0v) is 12.3. The van der Waals surface area contributed by atoms with Gasteiger partial charge in [0.25, 0.3) is 0 Å². The van der Waals surface area contributed by atoms with E-state index in [2.05, 4.69) is 0 Å². The standard InChI is InChI=1S/C13H9O2.C5H5.Fe/c14-11-6-5-10-7-12(15-13(10)8-11)9-3-1-2-4-9;1-2-4-5-3-1;/h1-8,14H;1-5H;/q2*-1;+2. The molecule has 0 saturated carbocycles. The summed E-state index contributed by atoms with van der Waals surface area (Å²) in [6.45, 7) is 0. The van der Waals surface area contributed by atoms with E-state index in [9.17, 15) is 5.11 Å². The molecule has 3 heteroatoms. The van der Waals surface area contributed by atoms with Gasteiger partial charge in [0.2, 0.25) is 0 Å². The monoisotopic (exact) mass is 318 g/mol. The predicted octanol–water partition coefficient (Wildman–Crippen LogP) is 4.93. The maximum Gasteiger partial charge on any atom is 2.00 e. The van der Waals surface area contributed by atoms with E-state index in [-0.39, 0.29) is 22.8 Å². The molecule has 0 saturated heterocycles. The molecule has 0 spiro atoms. The van der Waals surface area contributed by atoms with Gasteiger partial charge in [0.15, 0.2) is 0 Å². The molecule has 0 fully saturated rings. The molecule has 1 N–H and O–H groups in total. The van der Waals surface area contributed by atoms with Crippen LogP contribution in [-0.4, -0.2) is 5.11 Å². The molecule has 0 unspecified atom stereocenters. The first kappa shape index (κ1) is 15.2. The summed E-state index contributed by atoms with van der Waals surface area (Å²) in [6, 6.07) is 25.0. The van der Waals surface area contributed by atoms with Crippen LogP contribution >= 0.6 is 0 Å². The number of hydrogen-bond donors (Lipinski definition) is 1. The van der Waals surface area contributed by atoms with Crippen LogP contribution in [0.1, 0.15) is 0 Å². The Hall–Kier alpha value is -2.22. The summed E-state index contributed by atoms with van der Waals surface area (Å²) >= 11 is 0. The van der Waals surface area contributed by atoms with Crippen LogP contribution in [0, 0.1) is 0 Å². The van der Waals surface area contributed by atoms with E-state index >= 15 is 0 Å². The molecule has 0 radical (unpaired) electrons. The minimum Gasteiger partial charge on any atom is -0.508 e. The van der Waals surface area contributed by atoms with Gasteiger partial charge in [0, 0.05) is 6.07 Å². The van der Waals surface area contributed by atoms with Gasteiger partial charge in [-0.15, -0.1) is 12.1 Å². The number of furan rings is 1. The first-order valence-corrected chi connectivity index (χ1v) is 6.44. The topological polar surface area (TPSA) is 33.4 Å². The molecule has 0 amide bonds. The van der Waals surface area contributed by atoms with Crippen molar-refractivity contribution in [3.05, 3.63) is 78.9 Å². The Balaban J connectivity index is 0.000000231. The zero-order valence-electron chi connectivity index (χ0n) is 11.2. The zero-order chi connectivity index (χ0) is 13.8. The molecule has 0 bridgehead atoms. The predicted molar refractivity (Wildman–Crippen MR) is 80.9 cm³/mol. The molecule has 1 heterocycles. The number of benzene rings is 1. The number of fused-ring (bicyclic) bond motifs is 1. The average molecular weight is 318 g/mol. The molecule has 0 atom stereocenters. The van der Waals surface area contributed by atoms with E-state index in [1.54, 1.807) is 12.1 Å². The van der Waals surface area contributed by atoms with E-state index in [0.717, 1.165) is 16.7 Å². The third kappa shape index (κ3) is 3.66. The summed E-state index contributed by atoms with van der Waals surface area (Å²) in [7, 11) is 0. The Kier molecular flexibility index (Phi) is 5.04.